The molecule has 5 heteroatoms. The highest BCUT2D eigenvalue weighted by Crippen LogP contribution is 2.10. The van der Waals surface area contributed by atoms with E-state index in [-0.39, 0.29) is 17.5 Å². The van der Waals surface area contributed by atoms with Crippen LogP contribution in [-0.2, 0) is 0 Å². The molecule has 2 rings (SSSR count). The third-order valence-electron chi connectivity index (χ3n) is 3.42. The summed E-state index contributed by atoms with van der Waals surface area (Å²) in [5.74, 6) is -0.110. The monoisotopic (exact) mass is 249 g/mol. The maximum absolute atomic E-state index is 11.9. The van der Waals surface area contributed by atoms with Gasteiger partial charge in [-0.1, -0.05) is 6.92 Å². The molecule has 5 nitrogen and oxygen atoms in total. The smallest absolute Gasteiger partial charge is 0.252 e. The lowest BCUT2D eigenvalue weighted by atomic mass is 10.0. The largest absolute Gasteiger partial charge is 0.349 e. The number of amides is 1. The van der Waals surface area contributed by atoms with Crippen molar-refractivity contribution in [2.75, 3.05) is 19.6 Å². The standard InChI is InChI=1S/C13H19N3O2/c1-2-16-7-5-11(6-8-16)15-13(18)10-3-4-12(17)14-9-10/h3-4,9,11H,2,5-8H2,1H3,(H,14,17)(H,15,18). The zero-order valence-corrected chi connectivity index (χ0v) is 10.6. The number of hydrogen-bond acceptors (Lipinski definition) is 3. The molecule has 1 amide bonds. The number of aromatic nitrogens is 1. The van der Waals surface area contributed by atoms with E-state index in [0.717, 1.165) is 32.5 Å². The second-order valence-corrected chi connectivity index (χ2v) is 4.62. The molecule has 1 saturated heterocycles. The second kappa shape index (κ2) is 5.82. The molecule has 1 fully saturated rings. The van der Waals surface area contributed by atoms with Gasteiger partial charge in [-0.15, -0.1) is 0 Å². The van der Waals surface area contributed by atoms with Crippen LogP contribution in [0, 0.1) is 0 Å². The average Bonchev–Trinajstić information content (AvgIpc) is 2.40. The van der Waals surface area contributed by atoms with Crippen LogP contribution < -0.4 is 10.9 Å². The topological polar surface area (TPSA) is 65.2 Å². The second-order valence-electron chi connectivity index (χ2n) is 4.62. The molecule has 2 N–H and O–H groups in total. The highest BCUT2D eigenvalue weighted by Gasteiger charge is 2.20. The third-order valence-corrected chi connectivity index (χ3v) is 3.42. The van der Waals surface area contributed by atoms with Gasteiger partial charge in [-0.25, -0.2) is 0 Å². The molecule has 0 bridgehead atoms. The number of likely N-dealkylation sites (tertiary alicyclic amines) is 1. The van der Waals surface area contributed by atoms with Crippen LogP contribution in [0.1, 0.15) is 30.1 Å². The van der Waals surface area contributed by atoms with Crippen molar-refractivity contribution < 1.29 is 4.79 Å². The molecule has 0 spiro atoms. The quantitative estimate of drug-likeness (QED) is 0.824. The molecule has 18 heavy (non-hydrogen) atoms. The Kier molecular flexibility index (Phi) is 4.15. The van der Waals surface area contributed by atoms with Gasteiger partial charge in [0.15, 0.2) is 0 Å². The number of rotatable bonds is 3. The molecular formula is C13H19N3O2. The summed E-state index contributed by atoms with van der Waals surface area (Å²) in [7, 11) is 0. The Balaban J connectivity index is 1.88. The summed E-state index contributed by atoms with van der Waals surface area (Å²) in [5, 5.41) is 3.01. The number of nitrogens with one attached hydrogen (secondary N) is 2. The van der Waals surface area contributed by atoms with Crippen LogP contribution in [0.25, 0.3) is 0 Å². The predicted molar refractivity (Wildman–Crippen MR) is 69.7 cm³/mol. The minimum absolute atomic E-state index is 0.110. The van der Waals surface area contributed by atoms with E-state index in [2.05, 4.69) is 22.1 Å². The molecule has 0 atom stereocenters. The van der Waals surface area contributed by atoms with E-state index < -0.39 is 0 Å². The number of hydrogen-bond donors (Lipinski definition) is 2. The van der Waals surface area contributed by atoms with Crippen molar-refractivity contribution in [1.29, 1.82) is 0 Å². The van der Waals surface area contributed by atoms with Gasteiger partial charge in [-0.2, -0.15) is 0 Å². The minimum atomic E-state index is -0.192. The van der Waals surface area contributed by atoms with Crippen LogP contribution in [0.5, 0.6) is 0 Å². The van der Waals surface area contributed by atoms with Crippen molar-refractivity contribution in [3.63, 3.8) is 0 Å². The molecule has 1 aliphatic rings. The lowest BCUT2D eigenvalue weighted by Gasteiger charge is -2.31. The molecule has 2 heterocycles. The normalized spacial score (nSPS) is 17.6. The van der Waals surface area contributed by atoms with Crippen LogP contribution >= 0.6 is 0 Å². The van der Waals surface area contributed by atoms with Gasteiger partial charge in [0.05, 0.1) is 5.56 Å². The summed E-state index contributed by atoms with van der Waals surface area (Å²) in [5.41, 5.74) is 0.315. The zero-order chi connectivity index (χ0) is 13.0. The van der Waals surface area contributed by atoms with Gasteiger partial charge in [-0.3, -0.25) is 9.59 Å². The molecule has 0 unspecified atom stereocenters. The first kappa shape index (κ1) is 12.8. The summed E-state index contributed by atoms with van der Waals surface area (Å²) in [4.78, 5) is 27.7. The number of H-pyrrole nitrogens is 1. The van der Waals surface area contributed by atoms with Gasteiger partial charge in [0, 0.05) is 31.4 Å². The van der Waals surface area contributed by atoms with E-state index in [0.29, 0.717) is 5.56 Å². The average molecular weight is 249 g/mol. The van der Waals surface area contributed by atoms with Gasteiger partial charge in [-0.05, 0) is 25.5 Å². The van der Waals surface area contributed by atoms with Crippen molar-refractivity contribution in [1.82, 2.24) is 15.2 Å². The molecular weight excluding hydrogens is 230 g/mol. The Labute approximate surface area is 106 Å². The zero-order valence-electron chi connectivity index (χ0n) is 10.6. The highest BCUT2D eigenvalue weighted by molar-refractivity contribution is 5.93. The summed E-state index contributed by atoms with van der Waals surface area (Å²) in [6, 6.07) is 3.16. The van der Waals surface area contributed by atoms with Crippen LogP contribution in [0.3, 0.4) is 0 Å². The van der Waals surface area contributed by atoms with Crippen molar-refractivity contribution in [3.05, 3.63) is 34.2 Å². The maximum atomic E-state index is 11.9. The summed E-state index contributed by atoms with van der Waals surface area (Å²) in [6.45, 7) is 5.29. The van der Waals surface area contributed by atoms with Gasteiger partial charge >= 0.3 is 0 Å². The van der Waals surface area contributed by atoms with E-state index in [1.54, 1.807) is 6.07 Å². The Morgan fingerprint density at radius 2 is 2.17 bits per heavy atom. The van der Waals surface area contributed by atoms with Gasteiger partial charge in [0.2, 0.25) is 5.56 Å². The fraction of sp³-hybridized carbons (Fsp3) is 0.538. The number of nitrogens with zero attached hydrogens (tertiary/aromatic N) is 1. The number of piperidine rings is 1. The lowest BCUT2D eigenvalue weighted by Crippen LogP contribution is -2.44. The molecule has 0 radical (unpaired) electrons. The maximum Gasteiger partial charge on any atom is 0.252 e. The fourth-order valence-corrected chi connectivity index (χ4v) is 2.21. The number of carbonyl (C=O) groups is 1. The van der Waals surface area contributed by atoms with Crippen LogP contribution in [-0.4, -0.2) is 41.5 Å². The molecule has 0 saturated carbocycles. The van der Waals surface area contributed by atoms with Gasteiger partial charge in [0.1, 0.15) is 0 Å². The SMILES string of the molecule is CCN1CCC(NC(=O)c2ccc(=O)[nH]c2)CC1. The summed E-state index contributed by atoms with van der Waals surface area (Å²) < 4.78 is 0. The van der Waals surface area contributed by atoms with E-state index in [9.17, 15) is 9.59 Å². The Morgan fingerprint density at radius 1 is 1.44 bits per heavy atom. The van der Waals surface area contributed by atoms with Crippen LogP contribution in [0.15, 0.2) is 23.1 Å². The van der Waals surface area contributed by atoms with Gasteiger partial charge < -0.3 is 15.2 Å². The van der Waals surface area contributed by atoms with E-state index in [1.807, 2.05) is 0 Å². The van der Waals surface area contributed by atoms with E-state index in [1.165, 1.54) is 12.3 Å². The molecule has 0 aromatic carbocycles. The van der Waals surface area contributed by atoms with Crippen LogP contribution in [0.2, 0.25) is 0 Å². The molecule has 1 aromatic heterocycles. The number of aromatic amines is 1. The van der Waals surface area contributed by atoms with Crippen molar-refractivity contribution >= 4 is 5.91 Å². The molecule has 98 valence electrons. The predicted octanol–water partition coefficient (Wildman–Crippen LogP) is 0.589. The molecule has 0 aliphatic carbocycles. The lowest BCUT2D eigenvalue weighted by molar-refractivity contribution is 0.0912. The molecule has 1 aliphatic heterocycles. The number of carbonyl (C=O) groups excluding carboxylic acids is 1. The van der Waals surface area contributed by atoms with Crippen molar-refractivity contribution in [2.24, 2.45) is 0 Å². The van der Waals surface area contributed by atoms with E-state index >= 15 is 0 Å². The van der Waals surface area contributed by atoms with Gasteiger partial charge in [0.25, 0.3) is 5.91 Å². The highest BCUT2D eigenvalue weighted by atomic mass is 16.2. The first-order valence-corrected chi connectivity index (χ1v) is 6.41. The van der Waals surface area contributed by atoms with Crippen molar-refractivity contribution in [3.8, 4) is 0 Å². The first-order valence-electron chi connectivity index (χ1n) is 6.41. The fourth-order valence-electron chi connectivity index (χ4n) is 2.21. The minimum Gasteiger partial charge on any atom is -0.349 e. The Morgan fingerprint density at radius 3 is 2.72 bits per heavy atom. The number of pyridine rings is 1. The Bertz CT molecular complexity index is 441. The molecule has 1 aromatic rings. The van der Waals surface area contributed by atoms with Crippen LogP contribution in [0.4, 0.5) is 0 Å². The van der Waals surface area contributed by atoms with E-state index in [4.69, 9.17) is 0 Å². The summed E-state index contributed by atoms with van der Waals surface area (Å²) in [6.07, 6.45) is 3.44. The summed E-state index contributed by atoms with van der Waals surface area (Å²) >= 11 is 0. The first-order chi connectivity index (χ1) is 8.69. The van der Waals surface area contributed by atoms with Crippen molar-refractivity contribution in [2.45, 2.75) is 25.8 Å². The third kappa shape index (κ3) is 3.20. The Hall–Kier alpha value is -1.62.